The highest BCUT2D eigenvalue weighted by atomic mass is 16.5. The van der Waals surface area contributed by atoms with Gasteiger partial charge < -0.3 is 15.0 Å². The molecule has 2 aromatic heterocycles. The van der Waals surface area contributed by atoms with E-state index in [0.29, 0.717) is 17.9 Å². The number of hydrogen-bond acceptors (Lipinski definition) is 5. The van der Waals surface area contributed by atoms with Gasteiger partial charge in [-0.1, -0.05) is 18.2 Å². The topological polar surface area (TPSA) is 75.7 Å². The molecule has 0 spiro atoms. The third kappa shape index (κ3) is 3.22. The summed E-state index contributed by atoms with van der Waals surface area (Å²) in [5, 5.41) is 3.41. The predicted molar refractivity (Wildman–Crippen MR) is 91.3 cm³/mol. The zero-order chi connectivity index (χ0) is 16.4. The Morgan fingerprint density at radius 3 is 2.92 bits per heavy atom. The SMILES string of the molecule is Cc1nc2c([nH]1)CC(Nc1nccc(Oc3ccccc3)n1)CC2. The number of aryl methyl sites for hydroxylation is 2. The number of nitrogens with zero attached hydrogens (tertiary/aromatic N) is 3. The predicted octanol–water partition coefficient (Wildman–Crippen LogP) is 3.27. The molecule has 4 rings (SSSR count). The van der Waals surface area contributed by atoms with Crippen molar-refractivity contribution in [1.82, 2.24) is 19.9 Å². The molecule has 1 aliphatic carbocycles. The molecule has 1 unspecified atom stereocenters. The Hall–Kier alpha value is -2.89. The first-order valence-corrected chi connectivity index (χ1v) is 8.13. The molecule has 122 valence electrons. The van der Waals surface area contributed by atoms with E-state index in [-0.39, 0.29) is 0 Å². The lowest BCUT2D eigenvalue weighted by atomic mass is 9.96. The van der Waals surface area contributed by atoms with Crippen LogP contribution >= 0.6 is 0 Å². The van der Waals surface area contributed by atoms with Crippen molar-refractivity contribution in [2.75, 3.05) is 5.32 Å². The zero-order valence-electron chi connectivity index (χ0n) is 13.5. The van der Waals surface area contributed by atoms with Gasteiger partial charge in [-0.05, 0) is 31.9 Å². The Morgan fingerprint density at radius 2 is 2.04 bits per heavy atom. The Bertz CT molecular complexity index is 830. The van der Waals surface area contributed by atoms with Gasteiger partial charge in [0.25, 0.3) is 0 Å². The second-order valence-corrected chi connectivity index (χ2v) is 5.97. The molecule has 6 nitrogen and oxygen atoms in total. The third-order valence-corrected chi connectivity index (χ3v) is 4.09. The van der Waals surface area contributed by atoms with E-state index in [2.05, 4.69) is 25.3 Å². The van der Waals surface area contributed by atoms with Crippen LogP contribution in [0.5, 0.6) is 11.6 Å². The second-order valence-electron chi connectivity index (χ2n) is 5.97. The maximum absolute atomic E-state index is 5.76. The fraction of sp³-hybridized carbons (Fsp3) is 0.278. The highest BCUT2D eigenvalue weighted by Crippen LogP contribution is 2.23. The second kappa shape index (κ2) is 6.31. The molecular weight excluding hydrogens is 302 g/mol. The van der Waals surface area contributed by atoms with Crippen LogP contribution in [0.25, 0.3) is 0 Å². The quantitative estimate of drug-likeness (QED) is 0.771. The number of aromatic nitrogens is 4. The van der Waals surface area contributed by atoms with E-state index in [4.69, 9.17) is 4.74 Å². The van der Waals surface area contributed by atoms with Crippen LogP contribution in [0.2, 0.25) is 0 Å². The summed E-state index contributed by atoms with van der Waals surface area (Å²) in [7, 11) is 0. The summed E-state index contributed by atoms with van der Waals surface area (Å²) in [4.78, 5) is 16.6. The van der Waals surface area contributed by atoms with Gasteiger partial charge in [-0.15, -0.1) is 0 Å². The van der Waals surface area contributed by atoms with E-state index < -0.39 is 0 Å². The Labute approximate surface area is 140 Å². The van der Waals surface area contributed by atoms with Gasteiger partial charge in [-0.3, -0.25) is 0 Å². The van der Waals surface area contributed by atoms with Crippen molar-refractivity contribution in [3.8, 4) is 11.6 Å². The van der Waals surface area contributed by atoms with Crippen LogP contribution in [-0.4, -0.2) is 26.0 Å². The number of anilines is 1. The number of aromatic amines is 1. The number of imidazole rings is 1. The van der Waals surface area contributed by atoms with E-state index in [0.717, 1.165) is 30.8 Å². The number of H-pyrrole nitrogens is 1. The Morgan fingerprint density at radius 1 is 1.17 bits per heavy atom. The molecule has 1 atom stereocenters. The lowest BCUT2D eigenvalue weighted by Crippen LogP contribution is -2.28. The highest BCUT2D eigenvalue weighted by molar-refractivity contribution is 5.33. The van der Waals surface area contributed by atoms with E-state index in [1.165, 1.54) is 11.4 Å². The lowest BCUT2D eigenvalue weighted by Gasteiger charge is -2.22. The fourth-order valence-corrected chi connectivity index (χ4v) is 3.01. The van der Waals surface area contributed by atoms with Gasteiger partial charge in [-0.2, -0.15) is 4.98 Å². The van der Waals surface area contributed by atoms with Gasteiger partial charge >= 0.3 is 0 Å². The average Bonchev–Trinajstić information content (AvgIpc) is 2.95. The first-order valence-electron chi connectivity index (χ1n) is 8.13. The molecule has 0 amide bonds. The van der Waals surface area contributed by atoms with Crippen molar-refractivity contribution in [1.29, 1.82) is 0 Å². The molecule has 2 heterocycles. The number of benzene rings is 1. The Kier molecular flexibility index (Phi) is 3.86. The van der Waals surface area contributed by atoms with E-state index in [1.54, 1.807) is 12.3 Å². The molecule has 3 aromatic rings. The van der Waals surface area contributed by atoms with Crippen molar-refractivity contribution < 1.29 is 4.74 Å². The van der Waals surface area contributed by atoms with E-state index in [9.17, 15) is 0 Å². The average molecular weight is 321 g/mol. The molecule has 0 radical (unpaired) electrons. The maximum Gasteiger partial charge on any atom is 0.226 e. The number of fused-ring (bicyclic) bond motifs is 1. The lowest BCUT2D eigenvalue weighted by molar-refractivity contribution is 0.461. The van der Waals surface area contributed by atoms with Crippen LogP contribution in [-0.2, 0) is 12.8 Å². The summed E-state index contributed by atoms with van der Waals surface area (Å²) < 4.78 is 5.76. The Balaban J connectivity index is 1.45. The molecule has 24 heavy (non-hydrogen) atoms. The minimum atomic E-state index is 0.296. The third-order valence-electron chi connectivity index (χ3n) is 4.09. The van der Waals surface area contributed by atoms with Crippen molar-refractivity contribution in [3.05, 3.63) is 59.8 Å². The molecule has 6 heteroatoms. The molecule has 0 bridgehead atoms. The summed E-state index contributed by atoms with van der Waals surface area (Å²) in [5.74, 6) is 2.87. The summed E-state index contributed by atoms with van der Waals surface area (Å²) in [6.45, 7) is 1.99. The molecule has 0 fully saturated rings. The van der Waals surface area contributed by atoms with E-state index in [1.807, 2.05) is 37.3 Å². The van der Waals surface area contributed by atoms with Crippen molar-refractivity contribution in [2.45, 2.75) is 32.2 Å². The number of ether oxygens (including phenoxy) is 1. The smallest absolute Gasteiger partial charge is 0.226 e. The largest absolute Gasteiger partial charge is 0.439 e. The molecule has 1 aromatic carbocycles. The number of para-hydroxylation sites is 1. The van der Waals surface area contributed by atoms with Gasteiger partial charge in [0, 0.05) is 30.4 Å². The van der Waals surface area contributed by atoms with Gasteiger partial charge in [0.2, 0.25) is 11.8 Å². The van der Waals surface area contributed by atoms with Crippen molar-refractivity contribution in [3.63, 3.8) is 0 Å². The summed E-state index contributed by atoms with van der Waals surface area (Å²) in [5.41, 5.74) is 2.40. The first-order chi connectivity index (χ1) is 11.8. The van der Waals surface area contributed by atoms with Crippen LogP contribution < -0.4 is 10.1 Å². The van der Waals surface area contributed by atoms with Crippen LogP contribution in [0.15, 0.2) is 42.6 Å². The standard InChI is InChI=1S/C18H19N5O/c1-12-20-15-8-7-13(11-16(15)21-12)22-18-19-10-9-17(23-18)24-14-5-3-2-4-6-14/h2-6,9-10,13H,7-8,11H2,1H3,(H,20,21)(H,19,22,23). The molecular formula is C18H19N5O. The molecule has 2 N–H and O–H groups in total. The van der Waals surface area contributed by atoms with Crippen molar-refractivity contribution >= 4 is 5.95 Å². The number of rotatable bonds is 4. The monoisotopic (exact) mass is 321 g/mol. The zero-order valence-corrected chi connectivity index (χ0v) is 13.5. The molecule has 0 saturated heterocycles. The summed E-state index contributed by atoms with van der Waals surface area (Å²) in [6.07, 6.45) is 4.60. The van der Waals surface area contributed by atoms with Crippen LogP contribution in [0.3, 0.4) is 0 Å². The van der Waals surface area contributed by atoms with Gasteiger partial charge in [0.1, 0.15) is 11.6 Å². The highest BCUT2D eigenvalue weighted by Gasteiger charge is 2.22. The van der Waals surface area contributed by atoms with Gasteiger partial charge in [0.15, 0.2) is 0 Å². The van der Waals surface area contributed by atoms with E-state index >= 15 is 0 Å². The molecule has 1 aliphatic rings. The van der Waals surface area contributed by atoms with Crippen molar-refractivity contribution in [2.24, 2.45) is 0 Å². The molecule has 0 saturated carbocycles. The normalized spacial score (nSPS) is 16.5. The maximum atomic E-state index is 5.76. The summed E-state index contributed by atoms with van der Waals surface area (Å²) >= 11 is 0. The first kappa shape index (κ1) is 14.7. The number of nitrogens with one attached hydrogen (secondary N) is 2. The summed E-state index contributed by atoms with van der Waals surface area (Å²) in [6, 6.07) is 11.7. The van der Waals surface area contributed by atoms with Crippen LogP contribution in [0, 0.1) is 6.92 Å². The van der Waals surface area contributed by atoms with Crippen LogP contribution in [0.1, 0.15) is 23.6 Å². The van der Waals surface area contributed by atoms with Gasteiger partial charge in [-0.25, -0.2) is 9.97 Å². The minimum Gasteiger partial charge on any atom is -0.439 e. The number of hydrogen-bond donors (Lipinski definition) is 2. The van der Waals surface area contributed by atoms with Gasteiger partial charge in [0.05, 0.1) is 5.69 Å². The fourth-order valence-electron chi connectivity index (χ4n) is 3.01. The minimum absolute atomic E-state index is 0.296. The van der Waals surface area contributed by atoms with Crippen LogP contribution in [0.4, 0.5) is 5.95 Å². The molecule has 0 aliphatic heterocycles.